The molecule has 170 valence electrons. The van der Waals surface area contributed by atoms with Gasteiger partial charge in [-0.05, 0) is 37.7 Å². The summed E-state index contributed by atoms with van der Waals surface area (Å²) in [6.07, 6.45) is -2.27. The van der Waals surface area contributed by atoms with Crippen molar-refractivity contribution in [2.45, 2.75) is 32.0 Å². The summed E-state index contributed by atoms with van der Waals surface area (Å²) in [7, 11) is 3.88. The Morgan fingerprint density at radius 2 is 1.78 bits per heavy atom. The highest BCUT2D eigenvalue weighted by Gasteiger charge is 2.31. The van der Waals surface area contributed by atoms with E-state index < -0.39 is 11.7 Å². The SMILES string of the molecule is CC(C)c1c(C(=O)NCC(c2ccccc2)N(C)C)cnn1-c1ccc(C(F)(F)F)cn1. The van der Waals surface area contributed by atoms with Gasteiger partial charge in [-0.1, -0.05) is 44.2 Å². The van der Waals surface area contributed by atoms with Crippen LogP contribution < -0.4 is 5.32 Å². The fraction of sp³-hybridized carbons (Fsp3) is 0.348. The number of halogens is 3. The van der Waals surface area contributed by atoms with Crippen LogP contribution in [-0.4, -0.2) is 46.2 Å². The van der Waals surface area contributed by atoms with Gasteiger partial charge in [0.05, 0.1) is 29.1 Å². The van der Waals surface area contributed by atoms with Crippen LogP contribution >= 0.6 is 0 Å². The van der Waals surface area contributed by atoms with Gasteiger partial charge in [-0.25, -0.2) is 9.67 Å². The molecule has 9 heteroatoms. The Morgan fingerprint density at radius 1 is 1.09 bits per heavy atom. The highest BCUT2D eigenvalue weighted by molar-refractivity contribution is 5.95. The molecule has 2 heterocycles. The number of likely N-dealkylation sites (N-methyl/N-ethyl adjacent to an activating group) is 1. The first kappa shape index (κ1) is 23.5. The molecule has 2 aromatic heterocycles. The van der Waals surface area contributed by atoms with Crippen LogP contribution in [0.5, 0.6) is 0 Å². The first-order chi connectivity index (χ1) is 15.1. The highest BCUT2D eigenvalue weighted by Crippen LogP contribution is 2.29. The maximum atomic E-state index is 13.0. The number of nitrogens with one attached hydrogen (secondary N) is 1. The molecule has 1 unspecified atom stereocenters. The lowest BCUT2D eigenvalue weighted by molar-refractivity contribution is -0.137. The fourth-order valence-electron chi connectivity index (χ4n) is 3.51. The van der Waals surface area contributed by atoms with E-state index in [4.69, 9.17) is 0 Å². The molecule has 1 amide bonds. The molecule has 0 saturated carbocycles. The second-order valence-corrected chi connectivity index (χ2v) is 8.01. The number of aromatic nitrogens is 3. The summed E-state index contributed by atoms with van der Waals surface area (Å²) in [5, 5.41) is 7.21. The van der Waals surface area contributed by atoms with Crippen LogP contribution in [0.4, 0.5) is 13.2 Å². The highest BCUT2D eigenvalue weighted by atomic mass is 19.4. The number of carbonyl (C=O) groups excluding carboxylic acids is 1. The minimum Gasteiger partial charge on any atom is -0.350 e. The monoisotopic (exact) mass is 445 g/mol. The second-order valence-electron chi connectivity index (χ2n) is 8.01. The van der Waals surface area contributed by atoms with Crippen molar-refractivity contribution in [1.29, 1.82) is 0 Å². The molecule has 0 bridgehead atoms. The summed E-state index contributed by atoms with van der Waals surface area (Å²) in [6.45, 7) is 4.17. The van der Waals surface area contributed by atoms with Crippen molar-refractivity contribution >= 4 is 5.91 Å². The van der Waals surface area contributed by atoms with Crippen molar-refractivity contribution in [2.75, 3.05) is 20.6 Å². The van der Waals surface area contributed by atoms with Crippen LogP contribution in [0.25, 0.3) is 5.82 Å². The normalized spacial score (nSPS) is 12.9. The number of benzene rings is 1. The molecule has 0 saturated heterocycles. The maximum absolute atomic E-state index is 13.0. The molecule has 1 atom stereocenters. The van der Waals surface area contributed by atoms with Crippen molar-refractivity contribution in [3.05, 3.63) is 77.2 Å². The molecule has 6 nitrogen and oxygen atoms in total. The zero-order valence-electron chi connectivity index (χ0n) is 18.4. The van der Waals surface area contributed by atoms with Gasteiger partial charge in [-0.15, -0.1) is 0 Å². The molecule has 0 aliphatic heterocycles. The van der Waals surface area contributed by atoms with Crippen LogP contribution in [-0.2, 0) is 6.18 Å². The van der Waals surface area contributed by atoms with Crippen molar-refractivity contribution in [3.8, 4) is 5.82 Å². The molecule has 0 spiro atoms. The first-order valence-corrected chi connectivity index (χ1v) is 10.2. The van der Waals surface area contributed by atoms with Gasteiger partial charge in [0.1, 0.15) is 0 Å². The van der Waals surface area contributed by atoms with Crippen LogP contribution in [0.1, 0.15) is 53.0 Å². The molecule has 0 radical (unpaired) electrons. The van der Waals surface area contributed by atoms with Gasteiger partial charge in [0, 0.05) is 12.7 Å². The molecule has 3 aromatic rings. The Morgan fingerprint density at radius 3 is 2.31 bits per heavy atom. The second kappa shape index (κ2) is 9.52. The standard InChI is InChI=1S/C23H26F3N5O/c1-15(2)21-18(13-29-31(21)20-11-10-17(12-27-20)23(24,25)26)22(32)28-14-19(30(3)4)16-8-6-5-7-9-16/h5-13,15,19H,14H2,1-4H3,(H,28,32). The average Bonchev–Trinajstić information content (AvgIpc) is 3.19. The summed E-state index contributed by atoms with van der Waals surface area (Å²) in [5.74, 6) is -0.188. The predicted octanol–water partition coefficient (Wildman–Crippen LogP) is 4.44. The van der Waals surface area contributed by atoms with E-state index in [2.05, 4.69) is 15.4 Å². The molecule has 3 rings (SSSR count). The number of carbonyl (C=O) groups is 1. The number of rotatable bonds is 7. The summed E-state index contributed by atoms with van der Waals surface area (Å²) >= 11 is 0. The van der Waals surface area contributed by atoms with E-state index in [-0.39, 0.29) is 23.7 Å². The molecule has 0 aliphatic rings. The summed E-state index contributed by atoms with van der Waals surface area (Å²) in [4.78, 5) is 18.9. The van der Waals surface area contributed by atoms with Gasteiger partial charge in [0.25, 0.3) is 5.91 Å². The Hall–Kier alpha value is -3.20. The number of nitrogens with zero attached hydrogens (tertiary/aromatic N) is 4. The van der Waals surface area contributed by atoms with E-state index in [1.54, 1.807) is 0 Å². The van der Waals surface area contributed by atoms with E-state index in [9.17, 15) is 18.0 Å². The molecule has 1 aromatic carbocycles. The Kier molecular flexibility index (Phi) is 6.98. The zero-order chi connectivity index (χ0) is 23.5. The smallest absolute Gasteiger partial charge is 0.350 e. The van der Waals surface area contributed by atoms with E-state index >= 15 is 0 Å². The van der Waals surface area contributed by atoms with Crippen molar-refractivity contribution in [2.24, 2.45) is 0 Å². The fourth-order valence-corrected chi connectivity index (χ4v) is 3.51. The van der Waals surface area contributed by atoms with Crippen LogP contribution in [0.2, 0.25) is 0 Å². The largest absolute Gasteiger partial charge is 0.417 e. The number of pyridine rings is 1. The molecule has 1 N–H and O–H groups in total. The summed E-state index contributed by atoms with van der Waals surface area (Å²) in [5.41, 5.74) is 1.18. The predicted molar refractivity (Wildman–Crippen MR) is 116 cm³/mol. The third-order valence-electron chi connectivity index (χ3n) is 5.15. The number of amides is 1. The van der Waals surface area contributed by atoms with Crippen LogP contribution in [0.15, 0.2) is 54.9 Å². The average molecular weight is 445 g/mol. The lowest BCUT2D eigenvalue weighted by Crippen LogP contribution is -2.34. The van der Waals surface area contributed by atoms with E-state index in [1.807, 2.05) is 63.2 Å². The first-order valence-electron chi connectivity index (χ1n) is 10.2. The van der Waals surface area contributed by atoms with E-state index in [0.717, 1.165) is 17.8 Å². The van der Waals surface area contributed by atoms with Gasteiger partial charge in [0.2, 0.25) is 0 Å². The third kappa shape index (κ3) is 5.16. The molecule has 32 heavy (non-hydrogen) atoms. The van der Waals surface area contributed by atoms with Crippen LogP contribution in [0.3, 0.4) is 0 Å². The number of alkyl halides is 3. The van der Waals surface area contributed by atoms with E-state index in [0.29, 0.717) is 17.8 Å². The molecular formula is C23H26F3N5O. The van der Waals surface area contributed by atoms with Crippen molar-refractivity contribution < 1.29 is 18.0 Å². The third-order valence-corrected chi connectivity index (χ3v) is 5.15. The molecule has 0 aliphatic carbocycles. The van der Waals surface area contributed by atoms with Crippen molar-refractivity contribution in [1.82, 2.24) is 25.0 Å². The van der Waals surface area contributed by atoms with E-state index in [1.165, 1.54) is 16.9 Å². The minimum atomic E-state index is -4.47. The van der Waals surface area contributed by atoms with Gasteiger partial charge < -0.3 is 10.2 Å². The van der Waals surface area contributed by atoms with Gasteiger partial charge >= 0.3 is 6.18 Å². The minimum absolute atomic E-state index is 0.0192. The summed E-state index contributed by atoms with van der Waals surface area (Å²) < 4.78 is 40.0. The Bertz CT molecular complexity index is 1040. The van der Waals surface area contributed by atoms with Crippen LogP contribution in [0, 0.1) is 0 Å². The van der Waals surface area contributed by atoms with Gasteiger partial charge in [-0.2, -0.15) is 18.3 Å². The quantitative estimate of drug-likeness (QED) is 0.584. The Labute approximate surface area is 185 Å². The topological polar surface area (TPSA) is 63.1 Å². The summed E-state index contributed by atoms with van der Waals surface area (Å²) in [6, 6.07) is 12.0. The maximum Gasteiger partial charge on any atom is 0.417 e. The van der Waals surface area contributed by atoms with Gasteiger partial charge in [-0.3, -0.25) is 4.79 Å². The zero-order valence-corrected chi connectivity index (χ0v) is 18.4. The molecule has 0 fully saturated rings. The number of hydrogen-bond acceptors (Lipinski definition) is 4. The molecular weight excluding hydrogens is 419 g/mol. The van der Waals surface area contributed by atoms with Crippen molar-refractivity contribution in [3.63, 3.8) is 0 Å². The lowest BCUT2D eigenvalue weighted by atomic mass is 10.0. The lowest BCUT2D eigenvalue weighted by Gasteiger charge is -2.25. The van der Waals surface area contributed by atoms with Gasteiger partial charge in [0.15, 0.2) is 5.82 Å². The number of hydrogen-bond donors (Lipinski definition) is 1. The Balaban J connectivity index is 1.84.